The summed E-state index contributed by atoms with van der Waals surface area (Å²) in [6, 6.07) is 14.3. The Morgan fingerprint density at radius 3 is 2.29 bits per heavy atom. The molecule has 4 aromatic rings. The molecule has 0 saturated carbocycles. The van der Waals surface area contributed by atoms with Crippen molar-refractivity contribution in [3.05, 3.63) is 83.6 Å². The van der Waals surface area contributed by atoms with Crippen LogP contribution in [0.15, 0.2) is 71.8 Å². The molecule has 0 bridgehead atoms. The van der Waals surface area contributed by atoms with Gasteiger partial charge in [0.25, 0.3) is 10.0 Å². The summed E-state index contributed by atoms with van der Waals surface area (Å²) in [7, 11) is -4.06. The van der Waals surface area contributed by atoms with Crippen LogP contribution in [0, 0.1) is 6.92 Å². The zero-order valence-electron chi connectivity index (χ0n) is 22.1. The van der Waals surface area contributed by atoms with Gasteiger partial charge in [-0.15, -0.1) is 0 Å². The van der Waals surface area contributed by atoms with Crippen molar-refractivity contribution >= 4 is 20.9 Å². The Morgan fingerprint density at radius 1 is 0.976 bits per heavy atom. The Hall–Kier alpha value is -3.42. The molecular formula is C29H29F3N2O6S. The fraction of sp³-hybridized carbons (Fsp3) is 0.310. The number of rotatable bonds is 8. The van der Waals surface area contributed by atoms with Gasteiger partial charge in [0, 0.05) is 31.2 Å². The summed E-state index contributed by atoms with van der Waals surface area (Å²) >= 11 is 0. The average molecular weight is 591 g/mol. The zero-order chi connectivity index (χ0) is 29.4. The normalized spacial score (nSPS) is 15.1. The summed E-state index contributed by atoms with van der Waals surface area (Å²) in [4.78, 5) is 2.18. The molecule has 2 N–H and O–H groups in total. The molecule has 1 aliphatic rings. The molecule has 0 amide bonds. The van der Waals surface area contributed by atoms with E-state index in [0.717, 1.165) is 17.7 Å². The van der Waals surface area contributed by atoms with Gasteiger partial charge in [-0.05, 0) is 71.6 Å². The molecule has 0 unspecified atom stereocenters. The summed E-state index contributed by atoms with van der Waals surface area (Å²) < 4.78 is 79.0. The molecule has 1 aliphatic heterocycles. The van der Waals surface area contributed by atoms with E-state index in [4.69, 9.17) is 19.7 Å². The van der Waals surface area contributed by atoms with Gasteiger partial charge >= 0.3 is 6.18 Å². The number of aromatic nitrogens is 1. The molecule has 0 aliphatic carbocycles. The van der Waals surface area contributed by atoms with Gasteiger partial charge in [0.1, 0.15) is 12.4 Å². The van der Waals surface area contributed by atoms with E-state index >= 15 is 0 Å². The minimum atomic E-state index is -4.44. The topological polar surface area (TPSA) is 101 Å². The lowest BCUT2D eigenvalue weighted by Gasteiger charge is -2.26. The summed E-state index contributed by atoms with van der Waals surface area (Å²) in [5.41, 5.74) is 2.19. The summed E-state index contributed by atoms with van der Waals surface area (Å²) in [6.45, 7) is 4.26. The van der Waals surface area contributed by atoms with E-state index in [1.54, 1.807) is 25.3 Å². The van der Waals surface area contributed by atoms with Crippen LogP contribution in [0.1, 0.15) is 16.7 Å². The number of fused-ring (bicyclic) bond motifs is 1. The molecule has 5 rings (SSSR count). The Bertz CT molecular complexity index is 1640. The summed E-state index contributed by atoms with van der Waals surface area (Å²) in [5, 5.41) is 18.8. The lowest BCUT2D eigenvalue weighted by Crippen LogP contribution is -2.35. The molecular weight excluding hydrogens is 561 g/mol. The minimum Gasteiger partial charge on any atom is -0.488 e. The van der Waals surface area contributed by atoms with Crippen molar-refractivity contribution in [3.8, 4) is 16.9 Å². The van der Waals surface area contributed by atoms with Gasteiger partial charge in [-0.3, -0.25) is 4.90 Å². The first kappa shape index (κ1) is 29.1. The van der Waals surface area contributed by atoms with Gasteiger partial charge < -0.3 is 19.7 Å². The van der Waals surface area contributed by atoms with E-state index in [-0.39, 0.29) is 11.5 Å². The van der Waals surface area contributed by atoms with Gasteiger partial charge in [-0.2, -0.15) is 13.2 Å². The van der Waals surface area contributed by atoms with Crippen molar-refractivity contribution in [3.63, 3.8) is 0 Å². The molecule has 0 radical (unpaired) electrons. The van der Waals surface area contributed by atoms with Crippen molar-refractivity contribution in [1.82, 2.24) is 8.87 Å². The number of hydrogen-bond donors (Lipinski definition) is 2. The van der Waals surface area contributed by atoms with E-state index in [0.29, 0.717) is 66.2 Å². The SMILES string of the molecule is Cc1cc(S(=O)(=O)n2cc(CN3CCOCC3)c3cc(-c4ccc(C(F)(F)F)cc4)ccc32)ccc1OCC(O)O. The van der Waals surface area contributed by atoms with Crippen molar-refractivity contribution < 1.29 is 41.3 Å². The van der Waals surface area contributed by atoms with Gasteiger partial charge in [0.2, 0.25) is 0 Å². The number of hydrogen-bond acceptors (Lipinski definition) is 7. The molecule has 1 saturated heterocycles. The third-order valence-corrected chi connectivity index (χ3v) is 8.66. The van der Waals surface area contributed by atoms with Crippen LogP contribution in [0.25, 0.3) is 22.0 Å². The summed E-state index contributed by atoms with van der Waals surface area (Å²) in [5.74, 6) is 0.323. The second-order valence-electron chi connectivity index (χ2n) is 9.87. The van der Waals surface area contributed by atoms with Gasteiger partial charge in [0.05, 0.1) is 29.2 Å². The van der Waals surface area contributed by atoms with Crippen molar-refractivity contribution in [1.29, 1.82) is 0 Å². The highest BCUT2D eigenvalue weighted by molar-refractivity contribution is 7.90. The first-order valence-corrected chi connectivity index (χ1v) is 14.3. The lowest BCUT2D eigenvalue weighted by atomic mass is 10.0. The van der Waals surface area contributed by atoms with Crippen LogP contribution in [-0.2, 0) is 27.5 Å². The molecule has 8 nitrogen and oxygen atoms in total. The van der Waals surface area contributed by atoms with Crippen LogP contribution in [0.5, 0.6) is 5.75 Å². The second kappa shape index (κ2) is 11.5. The second-order valence-corrected chi connectivity index (χ2v) is 11.7. The third-order valence-electron chi connectivity index (χ3n) is 6.99. The average Bonchev–Trinajstić information content (AvgIpc) is 3.30. The molecule has 3 aromatic carbocycles. The van der Waals surface area contributed by atoms with Crippen LogP contribution in [0.2, 0.25) is 0 Å². The van der Waals surface area contributed by atoms with Gasteiger partial charge in [-0.1, -0.05) is 18.2 Å². The molecule has 2 heterocycles. The first-order valence-electron chi connectivity index (χ1n) is 12.9. The van der Waals surface area contributed by atoms with E-state index in [2.05, 4.69) is 4.90 Å². The number of nitrogens with zero attached hydrogens (tertiary/aromatic N) is 2. The molecule has 1 fully saturated rings. The van der Waals surface area contributed by atoms with Crippen LogP contribution < -0.4 is 4.74 Å². The van der Waals surface area contributed by atoms with Crippen molar-refractivity contribution in [2.24, 2.45) is 0 Å². The van der Waals surface area contributed by atoms with Crippen LogP contribution in [0.4, 0.5) is 13.2 Å². The molecule has 0 atom stereocenters. The minimum absolute atomic E-state index is 0.0218. The predicted octanol–water partition coefficient (Wildman–Crippen LogP) is 4.39. The largest absolute Gasteiger partial charge is 0.488 e. The fourth-order valence-electron chi connectivity index (χ4n) is 4.84. The van der Waals surface area contributed by atoms with Gasteiger partial charge in [-0.25, -0.2) is 12.4 Å². The predicted molar refractivity (Wildman–Crippen MR) is 146 cm³/mol. The zero-order valence-corrected chi connectivity index (χ0v) is 23.0. The van der Waals surface area contributed by atoms with E-state index < -0.39 is 28.1 Å². The Morgan fingerprint density at radius 2 is 1.66 bits per heavy atom. The van der Waals surface area contributed by atoms with Gasteiger partial charge in [0.15, 0.2) is 6.29 Å². The monoisotopic (exact) mass is 590 g/mol. The number of aliphatic hydroxyl groups is 2. The Balaban J connectivity index is 1.56. The number of halogens is 3. The maximum absolute atomic E-state index is 13.9. The molecule has 0 spiro atoms. The van der Waals surface area contributed by atoms with Crippen molar-refractivity contribution in [2.45, 2.75) is 30.8 Å². The highest BCUT2D eigenvalue weighted by atomic mass is 32.2. The molecule has 41 heavy (non-hydrogen) atoms. The Labute approximate surface area is 235 Å². The van der Waals surface area contributed by atoms with E-state index in [9.17, 15) is 21.6 Å². The smallest absolute Gasteiger partial charge is 0.416 e. The molecule has 12 heteroatoms. The maximum Gasteiger partial charge on any atom is 0.416 e. The van der Waals surface area contributed by atoms with Crippen LogP contribution >= 0.6 is 0 Å². The molecule has 218 valence electrons. The number of aryl methyl sites for hydroxylation is 1. The highest BCUT2D eigenvalue weighted by Crippen LogP contribution is 2.34. The van der Waals surface area contributed by atoms with Crippen LogP contribution in [0.3, 0.4) is 0 Å². The van der Waals surface area contributed by atoms with E-state index in [1.807, 2.05) is 6.07 Å². The number of morpholine rings is 1. The lowest BCUT2D eigenvalue weighted by molar-refractivity contribution is -0.137. The number of ether oxygens (including phenoxy) is 2. The standard InChI is InChI=1S/C29H29F3N2O6S/c1-19-14-24(7-9-27(19)40-18-28(35)36)41(37,38)34-17-22(16-33-10-12-39-13-11-33)25-15-21(4-8-26(25)34)20-2-5-23(6-3-20)29(30,31)32/h2-9,14-15,17,28,35-36H,10-13,16,18H2,1H3. The van der Waals surface area contributed by atoms with E-state index in [1.165, 1.54) is 34.3 Å². The number of aliphatic hydroxyl groups excluding tert-OH is 1. The number of alkyl halides is 3. The number of benzene rings is 3. The molecule has 1 aromatic heterocycles. The fourth-order valence-corrected chi connectivity index (χ4v) is 6.32. The van der Waals surface area contributed by atoms with Crippen LogP contribution in [-0.4, -0.2) is 66.7 Å². The first-order chi connectivity index (χ1) is 19.4. The van der Waals surface area contributed by atoms with Crippen molar-refractivity contribution in [2.75, 3.05) is 32.9 Å². The maximum atomic E-state index is 13.9. The highest BCUT2D eigenvalue weighted by Gasteiger charge is 2.30. The quantitative estimate of drug-likeness (QED) is 0.294. The Kier molecular flexibility index (Phi) is 8.13. The summed E-state index contributed by atoms with van der Waals surface area (Å²) in [6.07, 6.45) is -4.52. The third kappa shape index (κ3) is 6.26.